The fourth-order valence-electron chi connectivity index (χ4n) is 3.26. The van der Waals surface area contributed by atoms with Crippen molar-refractivity contribution in [3.8, 4) is 5.75 Å². The van der Waals surface area contributed by atoms with Crippen molar-refractivity contribution in [2.24, 2.45) is 0 Å². The second-order valence-corrected chi connectivity index (χ2v) is 7.61. The Morgan fingerprint density at radius 2 is 1.56 bits per heavy atom. The first-order valence-electron chi connectivity index (χ1n) is 8.52. The molecule has 0 saturated heterocycles. The molecule has 3 aromatic carbocycles. The van der Waals surface area contributed by atoms with E-state index in [1.54, 1.807) is 30.3 Å². The SMILES string of the molecule is O=C(c1ccccc1)c1ccccc1CC1NS(=O)(=O)Oc2ccccc21. The maximum Gasteiger partial charge on any atom is 0.383 e. The van der Waals surface area contributed by atoms with E-state index in [1.165, 1.54) is 0 Å². The summed E-state index contributed by atoms with van der Waals surface area (Å²) in [7, 11) is -3.89. The van der Waals surface area contributed by atoms with Crippen LogP contribution in [0.5, 0.6) is 5.75 Å². The van der Waals surface area contributed by atoms with Gasteiger partial charge in [-0.1, -0.05) is 72.8 Å². The van der Waals surface area contributed by atoms with Crippen LogP contribution in [0.25, 0.3) is 0 Å². The standard InChI is InChI=1S/C21H17NO4S/c23-21(15-8-2-1-3-9-15)17-11-5-4-10-16(17)14-19-18-12-6-7-13-20(18)26-27(24,25)22-19/h1-13,19,22H,14H2. The second-order valence-electron chi connectivity index (χ2n) is 6.30. The summed E-state index contributed by atoms with van der Waals surface area (Å²) < 4.78 is 31.7. The fourth-order valence-corrected chi connectivity index (χ4v) is 4.26. The fraction of sp³-hybridized carbons (Fsp3) is 0.0952. The number of ketones is 1. The maximum atomic E-state index is 12.9. The summed E-state index contributed by atoms with van der Waals surface area (Å²) in [6, 6.07) is 22.8. The molecule has 0 spiro atoms. The highest BCUT2D eigenvalue weighted by atomic mass is 32.2. The first-order valence-corrected chi connectivity index (χ1v) is 9.93. The van der Waals surface area contributed by atoms with E-state index < -0.39 is 16.3 Å². The Labute approximate surface area is 157 Å². The van der Waals surface area contributed by atoms with E-state index in [9.17, 15) is 13.2 Å². The van der Waals surface area contributed by atoms with Crippen LogP contribution >= 0.6 is 0 Å². The van der Waals surface area contributed by atoms with Gasteiger partial charge in [0, 0.05) is 16.7 Å². The van der Waals surface area contributed by atoms with Gasteiger partial charge in [-0.2, -0.15) is 13.1 Å². The van der Waals surface area contributed by atoms with E-state index in [0.29, 0.717) is 23.3 Å². The van der Waals surface area contributed by atoms with Gasteiger partial charge in [0.05, 0.1) is 6.04 Å². The van der Waals surface area contributed by atoms with Crippen molar-refractivity contribution in [3.63, 3.8) is 0 Å². The van der Waals surface area contributed by atoms with Crippen molar-refractivity contribution in [1.29, 1.82) is 0 Å². The number of hydrogen-bond donors (Lipinski definition) is 1. The molecule has 0 amide bonds. The van der Waals surface area contributed by atoms with Gasteiger partial charge in [-0.3, -0.25) is 4.79 Å². The van der Waals surface area contributed by atoms with Gasteiger partial charge in [-0.05, 0) is 18.1 Å². The minimum atomic E-state index is -3.89. The predicted octanol–water partition coefficient (Wildman–Crippen LogP) is 3.43. The van der Waals surface area contributed by atoms with Crippen molar-refractivity contribution < 1.29 is 17.4 Å². The van der Waals surface area contributed by atoms with Gasteiger partial charge in [0.25, 0.3) is 0 Å². The lowest BCUT2D eigenvalue weighted by atomic mass is 9.92. The van der Waals surface area contributed by atoms with Gasteiger partial charge in [0.1, 0.15) is 5.75 Å². The largest absolute Gasteiger partial charge is 0.383 e. The van der Waals surface area contributed by atoms with Crippen LogP contribution in [0.3, 0.4) is 0 Å². The molecule has 1 atom stereocenters. The molecular formula is C21H17NO4S. The van der Waals surface area contributed by atoms with Crippen molar-refractivity contribution in [2.45, 2.75) is 12.5 Å². The average molecular weight is 379 g/mol. The lowest BCUT2D eigenvalue weighted by Crippen LogP contribution is -2.37. The molecule has 1 unspecified atom stereocenters. The van der Waals surface area contributed by atoms with Gasteiger partial charge < -0.3 is 4.18 Å². The normalized spacial score (nSPS) is 17.6. The number of para-hydroxylation sites is 1. The van der Waals surface area contributed by atoms with Gasteiger partial charge in [0.15, 0.2) is 5.78 Å². The predicted molar refractivity (Wildman–Crippen MR) is 102 cm³/mol. The number of nitrogens with one attached hydrogen (secondary N) is 1. The third-order valence-electron chi connectivity index (χ3n) is 4.50. The van der Waals surface area contributed by atoms with Crippen molar-refractivity contribution in [3.05, 3.63) is 101 Å². The smallest absolute Gasteiger partial charge is 0.371 e. The Morgan fingerprint density at radius 3 is 2.37 bits per heavy atom. The summed E-state index contributed by atoms with van der Waals surface area (Å²) in [5, 5.41) is 0. The second kappa shape index (κ2) is 6.98. The topological polar surface area (TPSA) is 72.5 Å². The molecule has 3 aromatic rings. The van der Waals surface area contributed by atoms with Crippen LogP contribution in [0.15, 0.2) is 78.9 Å². The molecule has 4 rings (SSSR count). The molecule has 1 heterocycles. The first-order chi connectivity index (χ1) is 13.0. The molecule has 6 heteroatoms. The van der Waals surface area contributed by atoms with E-state index in [-0.39, 0.29) is 5.78 Å². The van der Waals surface area contributed by atoms with E-state index in [4.69, 9.17) is 4.18 Å². The van der Waals surface area contributed by atoms with Gasteiger partial charge >= 0.3 is 10.3 Å². The molecule has 0 fully saturated rings. The summed E-state index contributed by atoms with van der Waals surface area (Å²) in [6.45, 7) is 0. The van der Waals surface area contributed by atoms with Gasteiger partial charge in [0.2, 0.25) is 0 Å². The van der Waals surface area contributed by atoms with Crippen LogP contribution < -0.4 is 8.91 Å². The number of rotatable bonds is 4. The Morgan fingerprint density at radius 1 is 0.889 bits per heavy atom. The van der Waals surface area contributed by atoms with Crippen LogP contribution in [0.2, 0.25) is 0 Å². The quantitative estimate of drug-likeness (QED) is 0.705. The monoisotopic (exact) mass is 379 g/mol. The van der Waals surface area contributed by atoms with Crippen LogP contribution in [-0.4, -0.2) is 14.2 Å². The van der Waals surface area contributed by atoms with Crippen LogP contribution in [-0.2, 0) is 16.7 Å². The highest BCUT2D eigenvalue weighted by Gasteiger charge is 2.31. The molecule has 0 aromatic heterocycles. The van der Waals surface area contributed by atoms with Crippen LogP contribution in [0.4, 0.5) is 0 Å². The molecule has 0 bridgehead atoms. The number of carbonyl (C=O) groups is 1. The van der Waals surface area contributed by atoms with Crippen LogP contribution in [0, 0.1) is 0 Å². The lowest BCUT2D eigenvalue weighted by molar-refractivity contribution is 0.103. The molecule has 1 aliphatic heterocycles. The zero-order valence-corrected chi connectivity index (χ0v) is 15.1. The Kier molecular flexibility index (Phi) is 4.51. The van der Waals surface area contributed by atoms with E-state index in [2.05, 4.69) is 4.72 Å². The third-order valence-corrected chi connectivity index (χ3v) is 5.47. The molecule has 136 valence electrons. The van der Waals surface area contributed by atoms with E-state index >= 15 is 0 Å². The Balaban J connectivity index is 1.71. The Bertz CT molecular complexity index is 1090. The minimum absolute atomic E-state index is 0.0885. The number of carbonyl (C=O) groups excluding carboxylic acids is 1. The molecule has 0 aliphatic carbocycles. The zero-order valence-electron chi connectivity index (χ0n) is 14.3. The summed E-state index contributed by atoms with van der Waals surface area (Å²) in [5.41, 5.74) is 2.68. The summed E-state index contributed by atoms with van der Waals surface area (Å²) in [6.07, 6.45) is 0.342. The number of fused-ring (bicyclic) bond motifs is 1. The van der Waals surface area contributed by atoms with Gasteiger partial charge in [-0.15, -0.1) is 0 Å². The van der Waals surface area contributed by atoms with E-state index in [1.807, 2.05) is 48.5 Å². The molecule has 1 aliphatic rings. The number of benzene rings is 3. The zero-order chi connectivity index (χ0) is 18.9. The van der Waals surface area contributed by atoms with Crippen LogP contribution in [0.1, 0.15) is 33.1 Å². The molecule has 5 nitrogen and oxygen atoms in total. The maximum absolute atomic E-state index is 12.9. The molecular weight excluding hydrogens is 362 g/mol. The van der Waals surface area contributed by atoms with Crippen molar-refractivity contribution in [1.82, 2.24) is 4.72 Å². The van der Waals surface area contributed by atoms with Gasteiger partial charge in [-0.25, -0.2) is 0 Å². The highest BCUT2D eigenvalue weighted by molar-refractivity contribution is 7.85. The minimum Gasteiger partial charge on any atom is -0.371 e. The average Bonchev–Trinajstić information content (AvgIpc) is 2.68. The molecule has 1 N–H and O–H groups in total. The summed E-state index contributed by atoms with van der Waals surface area (Å²) in [5.74, 6) is 0.225. The van der Waals surface area contributed by atoms with Crippen molar-refractivity contribution >= 4 is 16.1 Å². The van der Waals surface area contributed by atoms with Crippen molar-refractivity contribution in [2.75, 3.05) is 0 Å². The van der Waals surface area contributed by atoms with E-state index in [0.717, 1.165) is 11.1 Å². The Hall–Kier alpha value is -2.96. The third kappa shape index (κ3) is 3.63. The molecule has 0 radical (unpaired) electrons. The number of hydrogen-bond acceptors (Lipinski definition) is 4. The summed E-state index contributed by atoms with van der Waals surface area (Å²) >= 11 is 0. The first kappa shape index (κ1) is 17.5. The summed E-state index contributed by atoms with van der Waals surface area (Å²) in [4.78, 5) is 12.9. The molecule has 0 saturated carbocycles. The lowest BCUT2D eigenvalue weighted by Gasteiger charge is -2.26. The molecule has 27 heavy (non-hydrogen) atoms. The highest BCUT2D eigenvalue weighted by Crippen LogP contribution is 2.33.